The van der Waals surface area contributed by atoms with Crippen molar-refractivity contribution < 1.29 is 4.74 Å². The molecule has 0 saturated heterocycles. The predicted molar refractivity (Wildman–Crippen MR) is 52.0 cm³/mol. The summed E-state index contributed by atoms with van der Waals surface area (Å²) in [6.45, 7) is 2.67. The third-order valence-electron chi connectivity index (χ3n) is 1.60. The van der Waals surface area contributed by atoms with Crippen LogP contribution in [0.4, 0.5) is 5.82 Å². The van der Waals surface area contributed by atoms with Gasteiger partial charge in [0.1, 0.15) is 5.82 Å². The molecule has 0 bridgehead atoms. The van der Waals surface area contributed by atoms with E-state index in [1.165, 1.54) is 0 Å². The molecule has 4 nitrogen and oxygen atoms in total. The SMILES string of the molecule is COC(C)CNc1ccnc(Cl)n1. The minimum atomic E-state index is 0.147. The molecule has 0 aliphatic carbocycles. The fourth-order valence-electron chi connectivity index (χ4n) is 0.765. The molecule has 1 rings (SSSR count). The molecule has 72 valence electrons. The molecule has 0 aromatic carbocycles. The Labute approximate surface area is 82.3 Å². The molecule has 0 fully saturated rings. The number of hydrogen-bond donors (Lipinski definition) is 1. The molecule has 5 heteroatoms. The lowest BCUT2D eigenvalue weighted by atomic mass is 10.4. The second-order valence-electron chi connectivity index (χ2n) is 2.64. The predicted octanol–water partition coefficient (Wildman–Crippen LogP) is 1.58. The fourth-order valence-corrected chi connectivity index (χ4v) is 0.912. The van der Waals surface area contributed by atoms with E-state index < -0.39 is 0 Å². The van der Waals surface area contributed by atoms with E-state index in [1.54, 1.807) is 19.4 Å². The monoisotopic (exact) mass is 201 g/mol. The normalized spacial score (nSPS) is 12.5. The lowest BCUT2D eigenvalue weighted by Gasteiger charge is -2.10. The maximum Gasteiger partial charge on any atom is 0.224 e. The Morgan fingerprint density at radius 3 is 3.08 bits per heavy atom. The second kappa shape index (κ2) is 4.99. The van der Waals surface area contributed by atoms with Crippen molar-refractivity contribution in [3.8, 4) is 0 Å². The number of nitrogens with zero attached hydrogens (tertiary/aromatic N) is 2. The first-order valence-electron chi connectivity index (χ1n) is 3.97. The topological polar surface area (TPSA) is 47.0 Å². The van der Waals surface area contributed by atoms with Crippen LogP contribution < -0.4 is 5.32 Å². The van der Waals surface area contributed by atoms with Gasteiger partial charge in [-0.3, -0.25) is 0 Å². The number of anilines is 1. The van der Waals surface area contributed by atoms with E-state index in [9.17, 15) is 0 Å². The van der Waals surface area contributed by atoms with Gasteiger partial charge in [0.05, 0.1) is 6.10 Å². The van der Waals surface area contributed by atoms with E-state index in [-0.39, 0.29) is 11.4 Å². The maximum atomic E-state index is 5.60. The summed E-state index contributed by atoms with van der Waals surface area (Å²) < 4.78 is 5.06. The minimum Gasteiger partial charge on any atom is -0.380 e. The molecule has 0 aliphatic heterocycles. The first kappa shape index (κ1) is 10.2. The Hall–Kier alpha value is -0.870. The molecular formula is C8H12ClN3O. The molecule has 1 unspecified atom stereocenters. The third kappa shape index (κ3) is 3.57. The number of rotatable bonds is 4. The summed E-state index contributed by atoms with van der Waals surface area (Å²) >= 11 is 5.60. The van der Waals surface area contributed by atoms with Crippen molar-refractivity contribution >= 4 is 17.4 Å². The van der Waals surface area contributed by atoms with Crippen LogP contribution in [0.1, 0.15) is 6.92 Å². The number of aromatic nitrogens is 2. The van der Waals surface area contributed by atoms with Crippen LogP contribution in [0.5, 0.6) is 0 Å². The average molecular weight is 202 g/mol. The molecule has 1 heterocycles. The largest absolute Gasteiger partial charge is 0.380 e. The van der Waals surface area contributed by atoms with Crippen LogP contribution in [0.3, 0.4) is 0 Å². The standard InChI is InChI=1S/C8H12ClN3O/c1-6(13-2)5-11-7-3-4-10-8(9)12-7/h3-4,6H,5H2,1-2H3,(H,10,11,12). The van der Waals surface area contributed by atoms with Crippen LogP contribution >= 0.6 is 11.6 Å². The van der Waals surface area contributed by atoms with E-state index in [2.05, 4.69) is 15.3 Å². The van der Waals surface area contributed by atoms with Gasteiger partial charge in [-0.15, -0.1) is 0 Å². The molecule has 0 radical (unpaired) electrons. The van der Waals surface area contributed by atoms with Crippen molar-refractivity contribution in [3.05, 3.63) is 17.5 Å². The Morgan fingerprint density at radius 1 is 1.69 bits per heavy atom. The Kier molecular flexibility index (Phi) is 3.92. The lowest BCUT2D eigenvalue weighted by Crippen LogP contribution is -2.18. The lowest BCUT2D eigenvalue weighted by molar-refractivity contribution is 0.128. The average Bonchev–Trinajstić information content (AvgIpc) is 2.14. The first-order valence-corrected chi connectivity index (χ1v) is 4.35. The van der Waals surface area contributed by atoms with Crippen molar-refractivity contribution in [2.24, 2.45) is 0 Å². The van der Waals surface area contributed by atoms with Gasteiger partial charge < -0.3 is 10.1 Å². The molecule has 0 aliphatic rings. The van der Waals surface area contributed by atoms with Crippen LogP contribution in [0.2, 0.25) is 5.28 Å². The quantitative estimate of drug-likeness (QED) is 0.752. The van der Waals surface area contributed by atoms with E-state index >= 15 is 0 Å². The number of ether oxygens (including phenoxy) is 1. The zero-order valence-corrected chi connectivity index (χ0v) is 8.38. The zero-order valence-electron chi connectivity index (χ0n) is 7.62. The minimum absolute atomic E-state index is 0.147. The van der Waals surface area contributed by atoms with E-state index in [1.807, 2.05) is 6.92 Å². The van der Waals surface area contributed by atoms with Gasteiger partial charge in [0.2, 0.25) is 5.28 Å². The van der Waals surface area contributed by atoms with E-state index in [4.69, 9.17) is 16.3 Å². The van der Waals surface area contributed by atoms with Crippen LogP contribution in [0.15, 0.2) is 12.3 Å². The zero-order chi connectivity index (χ0) is 9.68. The number of hydrogen-bond acceptors (Lipinski definition) is 4. The molecular weight excluding hydrogens is 190 g/mol. The molecule has 0 spiro atoms. The van der Waals surface area contributed by atoms with Crippen molar-refractivity contribution in [2.75, 3.05) is 19.0 Å². The summed E-state index contributed by atoms with van der Waals surface area (Å²) in [5, 5.41) is 3.32. The third-order valence-corrected chi connectivity index (χ3v) is 1.78. The van der Waals surface area contributed by atoms with Gasteiger partial charge in [-0.2, -0.15) is 0 Å². The Morgan fingerprint density at radius 2 is 2.46 bits per heavy atom. The van der Waals surface area contributed by atoms with Crippen LogP contribution in [0.25, 0.3) is 0 Å². The highest BCUT2D eigenvalue weighted by molar-refractivity contribution is 6.28. The smallest absolute Gasteiger partial charge is 0.224 e. The molecule has 1 aromatic heterocycles. The van der Waals surface area contributed by atoms with Crippen LogP contribution in [-0.2, 0) is 4.74 Å². The van der Waals surface area contributed by atoms with Gasteiger partial charge in [0, 0.05) is 19.9 Å². The molecule has 1 aromatic rings. The number of nitrogens with one attached hydrogen (secondary N) is 1. The molecule has 13 heavy (non-hydrogen) atoms. The highest BCUT2D eigenvalue weighted by atomic mass is 35.5. The summed E-state index contributed by atoms with van der Waals surface area (Å²) in [4.78, 5) is 7.74. The molecule has 0 amide bonds. The Balaban J connectivity index is 2.45. The summed E-state index contributed by atoms with van der Waals surface area (Å²) in [6, 6.07) is 1.76. The van der Waals surface area contributed by atoms with Gasteiger partial charge in [0.15, 0.2) is 0 Å². The molecule has 1 N–H and O–H groups in total. The van der Waals surface area contributed by atoms with Crippen LogP contribution in [-0.4, -0.2) is 29.7 Å². The van der Waals surface area contributed by atoms with Crippen molar-refractivity contribution in [2.45, 2.75) is 13.0 Å². The maximum absolute atomic E-state index is 5.60. The second-order valence-corrected chi connectivity index (χ2v) is 2.98. The summed E-state index contributed by atoms with van der Waals surface area (Å²) in [5.41, 5.74) is 0. The molecule has 1 atom stereocenters. The van der Waals surface area contributed by atoms with Crippen molar-refractivity contribution in [1.82, 2.24) is 9.97 Å². The van der Waals surface area contributed by atoms with E-state index in [0.717, 1.165) is 0 Å². The summed E-state index contributed by atoms with van der Waals surface area (Å²) in [5.74, 6) is 0.712. The van der Waals surface area contributed by atoms with Crippen LogP contribution in [0, 0.1) is 0 Å². The molecule has 0 saturated carbocycles. The van der Waals surface area contributed by atoms with E-state index in [0.29, 0.717) is 12.4 Å². The van der Waals surface area contributed by atoms with Crippen molar-refractivity contribution in [1.29, 1.82) is 0 Å². The number of methoxy groups -OCH3 is 1. The summed E-state index contributed by atoms with van der Waals surface area (Å²) in [7, 11) is 1.67. The Bertz CT molecular complexity index is 269. The first-order chi connectivity index (χ1) is 6.22. The van der Waals surface area contributed by atoms with Crippen molar-refractivity contribution in [3.63, 3.8) is 0 Å². The van der Waals surface area contributed by atoms with Gasteiger partial charge in [-0.1, -0.05) is 0 Å². The fraction of sp³-hybridized carbons (Fsp3) is 0.500. The van der Waals surface area contributed by atoms with Gasteiger partial charge >= 0.3 is 0 Å². The summed E-state index contributed by atoms with van der Waals surface area (Å²) in [6.07, 6.45) is 1.75. The highest BCUT2D eigenvalue weighted by Crippen LogP contribution is 2.05. The number of halogens is 1. The van der Waals surface area contributed by atoms with Gasteiger partial charge in [-0.25, -0.2) is 9.97 Å². The highest BCUT2D eigenvalue weighted by Gasteiger charge is 2.00. The van der Waals surface area contributed by atoms with Gasteiger partial charge in [0.25, 0.3) is 0 Å². The van der Waals surface area contributed by atoms with Gasteiger partial charge in [-0.05, 0) is 24.6 Å².